The molecule has 0 aromatic rings. The quantitative estimate of drug-likeness (QED) is 0.573. The van der Waals surface area contributed by atoms with Crippen LogP contribution in [0.5, 0.6) is 0 Å². The molecule has 0 aromatic carbocycles. The fourth-order valence-corrected chi connectivity index (χ4v) is 2.48. The van der Waals surface area contributed by atoms with Gasteiger partial charge in [0.05, 0.1) is 12.7 Å². The van der Waals surface area contributed by atoms with Gasteiger partial charge >= 0.3 is 0 Å². The van der Waals surface area contributed by atoms with E-state index in [2.05, 4.69) is 29.0 Å². The third-order valence-electron chi connectivity index (χ3n) is 3.42. The van der Waals surface area contributed by atoms with Gasteiger partial charge in [-0.25, -0.2) is 0 Å². The highest BCUT2D eigenvalue weighted by Crippen LogP contribution is 2.05. The Morgan fingerprint density at radius 2 is 1.68 bits per heavy atom. The standard InChI is InChI=1S/C14H31N3O2/c1-13(2)11-16-5-7-17(8-6-16)12-14(18)10-15-4-9-19-3/h13-15,18H,4-12H2,1-3H3. The van der Waals surface area contributed by atoms with Crippen LogP contribution in [0, 0.1) is 5.92 Å². The topological polar surface area (TPSA) is 48.0 Å². The summed E-state index contributed by atoms with van der Waals surface area (Å²) in [7, 11) is 1.69. The summed E-state index contributed by atoms with van der Waals surface area (Å²) in [5, 5.41) is 13.2. The van der Waals surface area contributed by atoms with E-state index in [1.807, 2.05) is 0 Å². The number of hydrogen-bond acceptors (Lipinski definition) is 5. The molecule has 1 heterocycles. The maximum atomic E-state index is 9.95. The molecule has 1 rings (SSSR count). The van der Waals surface area contributed by atoms with Crippen molar-refractivity contribution in [2.45, 2.75) is 20.0 Å². The summed E-state index contributed by atoms with van der Waals surface area (Å²) in [5.41, 5.74) is 0. The molecule has 0 radical (unpaired) electrons. The van der Waals surface area contributed by atoms with Gasteiger partial charge < -0.3 is 20.1 Å². The molecule has 5 nitrogen and oxygen atoms in total. The zero-order valence-electron chi connectivity index (χ0n) is 12.8. The third kappa shape index (κ3) is 7.84. The normalized spacial score (nSPS) is 20.1. The summed E-state index contributed by atoms with van der Waals surface area (Å²) >= 11 is 0. The van der Waals surface area contributed by atoms with E-state index in [0.717, 1.165) is 45.2 Å². The average Bonchev–Trinajstić information content (AvgIpc) is 2.36. The Kier molecular flexibility index (Phi) is 8.57. The maximum Gasteiger partial charge on any atom is 0.0791 e. The van der Waals surface area contributed by atoms with Crippen molar-refractivity contribution in [2.75, 3.05) is 66.1 Å². The Labute approximate surface area is 117 Å². The zero-order chi connectivity index (χ0) is 14.1. The first-order valence-electron chi connectivity index (χ1n) is 7.44. The number of aliphatic hydroxyl groups excluding tert-OH is 1. The van der Waals surface area contributed by atoms with E-state index in [-0.39, 0.29) is 6.10 Å². The molecule has 1 saturated heterocycles. The molecule has 1 aliphatic rings. The molecule has 0 spiro atoms. The summed E-state index contributed by atoms with van der Waals surface area (Å²) in [5.74, 6) is 0.738. The number of nitrogens with one attached hydrogen (secondary N) is 1. The monoisotopic (exact) mass is 273 g/mol. The van der Waals surface area contributed by atoms with Crippen molar-refractivity contribution < 1.29 is 9.84 Å². The molecule has 0 bridgehead atoms. The molecule has 1 unspecified atom stereocenters. The Balaban J connectivity index is 2.07. The van der Waals surface area contributed by atoms with Crippen molar-refractivity contribution >= 4 is 0 Å². The van der Waals surface area contributed by atoms with Crippen LogP contribution < -0.4 is 5.32 Å². The number of hydrogen-bond donors (Lipinski definition) is 2. The SMILES string of the molecule is COCCNCC(O)CN1CCN(CC(C)C)CC1. The van der Waals surface area contributed by atoms with Crippen LogP contribution >= 0.6 is 0 Å². The van der Waals surface area contributed by atoms with Crippen molar-refractivity contribution in [1.82, 2.24) is 15.1 Å². The van der Waals surface area contributed by atoms with Crippen LogP contribution in [0.3, 0.4) is 0 Å². The lowest BCUT2D eigenvalue weighted by atomic mass is 10.2. The van der Waals surface area contributed by atoms with Crippen molar-refractivity contribution in [3.8, 4) is 0 Å². The van der Waals surface area contributed by atoms with Gasteiger partial charge in [0, 0.05) is 59.5 Å². The number of methoxy groups -OCH3 is 1. The van der Waals surface area contributed by atoms with E-state index in [4.69, 9.17) is 4.74 Å². The minimum atomic E-state index is -0.284. The van der Waals surface area contributed by atoms with Gasteiger partial charge in [0.2, 0.25) is 0 Å². The van der Waals surface area contributed by atoms with Gasteiger partial charge in [-0.2, -0.15) is 0 Å². The molecular weight excluding hydrogens is 242 g/mol. The van der Waals surface area contributed by atoms with Crippen molar-refractivity contribution in [3.05, 3.63) is 0 Å². The first-order valence-corrected chi connectivity index (χ1v) is 7.44. The van der Waals surface area contributed by atoms with E-state index >= 15 is 0 Å². The summed E-state index contributed by atoms with van der Waals surface area (Å²) in [6, 6.07) is 0. The van der Waals surface area contributed by atoms with Gasteiger partial charge in [-0.15, -0.1) is 0 Å². The van der Waals surface area contributed by atoms with Gasteiger partial charge in [-0.3, -0.25) is 4.90 Å². The molecular formula is C14H31N3O2. The second-order valence-electron chi connectivity index (χ2n) is 5.85. The summed E-state index contributed by atoms with van der Waals surface area (Å²) in [4.78, 5) is 4.88. The summed E-state index contributed by atoms with van der Waals surface area (Å²) in [6.07, 6.45) is -0.284. The lowest BCUT2D eigenvalue weighted by Crippen LogP contribution is -2.50. The van der Waals surface area contributed by atoms with Crippen LogP contribution in [0.15, 0.2) is 0 Å². The highest BCUT2D eigenvalue weighted by molar-refractivity contribution is 4.75. The largest absolute Gasteiger partial charge is 0.390 e. The molecule has 0 aromatic heterocycles. The fourth-order valence-electron chi connectivity index (χ4n) is 2.48. The second-order valence-corrected chi connectivity index (χ2v) is 5.85. The molecule has 0 aliphatic carbocycles. The van der Waals surface area contributed by atoms with E-state index in [1.54, 1.807) is 7.11 Å². The van der Waals surface area contributed by atoms with Gasteiger partial charge in [-0.1, -0.05) is 13.8 Å². The van der Waals surface area contributed by atoms with Crippen LogP contribution in [0.1, 0.15) is 13.8 Å². The molecule has 1 aliphatic heterocycles. The molecule has 0 amide bonds. The second kappa shape index (κ2) is 9.66. The number of aliphatic hydroxyl groups is 1. The van der Waals surface area contributed by atoms with E-state index < -0.39 is 0 Å². The minimum absolute atomic E-state index is 0.284. The predicted octanol–water partition coefficient (Wildman–Crippen LogP) is -0.143. The molecule has 114 valence electrons. The predicted molar refractivity (Wildman–Crippen MR) is 78.5 cm³/mol. The first-order chi connectivity index (χ1) is 9.11. The van der Waals surface area contributed by atoms with Crippen LogP contribution in [0.2, 0.25) is 0 Å². The van der Waals surface area contributed by atoms with Gasteiger partial charge in [-0.05, 0) is 5.92 Å². The lowest BCUT2D eigenvalue weighted by Gasteiger charge is -2.36. The number of ether oxygens (including phenoxy) is 1. The van der Waals surface area contributed by atoms with Gasteiger partial charge in [0.15, 0.2) is 0 Å². The first kappa shape index (κ1) is 16.9. The number of piperazine rings is 1. The van der Waals surface area contributed by atoms with Gasteiger partial charge in [0.1, 0.15) is 0 Å². The number of β-amino-alcohol motifs (C(OH)–C–C–N with tert-alkyl or cyclic N) is 1. The zero-order valence-corrected chi connectivity index (χ0v) is 12.8. The number of rotatable bonds is 9. The van der Waals surface area contributed by atoms with Gasteiger partial charge in [0.25, 0.3) is 0 Å². The Bertz CT molecular complexity index is 219. The molecule has 2 N–H and O–H groups in total. The van der Waals surface area contributed by atoms with E-state index in [9.17, 15) is 5.11 Å². The Morgan fingerprint density at radius 3 is 2.21 bits per heavy atom. The highest BCUT2D eigenvalue weighted by Gasteiger charge is 2.19. The third-order valence-corrected chi connectivity index (χ3v) is 3.42. The molecule has 0 saturated carbocycles. The maximum absolute atomic E-state index is 9.95. The molecule has 1 fully saturated rings. The molecule has 5 heteroatoms. The van der Waals surface area contributed by atoms with Crippen molar-refractivity contribution in [1.29, 1.82) is 0 Å². The van der Waals surface area contributed by atoms with Crippen LogP contribution in [0.25, 0.3) is 0 Å². The molecule has 1 atom stereocenters. The van der Waals surface area contributed by atoms with Crippen LogP contribution in [-0.2, 0) is 4.74 Å². The highest BCUT2D eigenvalue weighted by atomic mass is 16.5. The smallest absolute Gasteiger partial charge is 0.0791 e. The number of nitrogens with zero attached hydrogens (tertiary/aromatic N) is 2. The van der Waals surface area contributed by atoms with Crippen molar-refractivity contribution in [2.24, 2.45) is 5.92 Å². The van der Waals surface area contributed by atoms with Crippen LogP contribution in [-0.4, -0.2) is 87.1 Å². The molecule has 19 heavy (non-hydrogen) atoms. The summed E-state index contributed by atoms with van der Waals surface area (Å²) < 4.78 is 4.96. The fraction of sp³-hybridized carbons (Fsp3) is 1.00. The van der Waals surface area contributed by atoms with Crippen LogP contribution in [0.4, 0.5) is 0 Å². The van der Waals surface area contributed by atoms with E-state index in [1.165, 1.54) is 6.54 Å². The van der Waals surface area contributed by atoms with E-state index in [0.29, 0.717) is 13.2 Å². The average molecular weight is 273 g/mol. The van der Waals surface area contributed by atoms with Crippen molar-refractivity contribution in [3.63, 3.8) is 0 Å². The summed E-state index contributed by atoms with van der Waals surface area (Å²) in [6.45, 7) is 13.0. The Hall–Kier alpha value is -0.200. The minimum Gasteiger partial charge on any atom is -0.390 e. The Morgan fingerprint density at radius 1 is 1.11 bits per heavy atom. The lowest BCUT2D eigenvalue weighted by molar-refractivity contribution is 0.0678.